The smallest absolute Gasteiger partial charge is 0.346 e. The Morgan fingerprint density at radius 3 is 0.850 bits per heavy atom. The Bertz CT molecular complexity index is 3440. The van der Waals surface area contributed by atoms with Gasteiger partial charge in [-0.2, -0.15) is 33.7 Å². The lowest BCUT2D eigenvalue weighted by Gasteiger charge is -2.26. The monoisotopic (exact) mass is 1070 g/mol. The third-order valence-electron chi connectivity index (χ3n) is 12.6. The average molecular weight is 1070 g/mol. The van der Waals surface area contributed by atoms with Gasteiger partial charge in [0.2, 0.25) is 0 Å². The number of anilines is 3. The van der Waals surface area contributed by atoms with Crippen molar-refractivity contribution in [1.29, 1.82) is 21.0 Å². The van der Waals surface area contributed by atoms with Crippen molar-refractivity contribution in [2.75, 3.05) is 4.90 Å². The van der Waals surface area contributed by atoms with Crippen LogP contribution in [0.25, 0.3) is 47.6 Å². The van der Waals surface area contributed by atoms with E-state index in [4.69, 9.17) is 12.6 Å². The summed E-state index contributed by atoms with van der Waals surface area (Å²) < 4.78 is 0. The summed E-state index contributed by atoms with van der Waals surface area (Å²) in [6.45, 7) is 2.12. The number of nitrogens with zero attached hydrogens (tertiary/aromatic N) is 5. The number of benzene rings is 7. The summed E-state index contributed by atoms with van der Waals surface area (Å²) in [5.41, 5.74) is 10.2. The molecule has 0 saturated heterocycles. The molecule has 0 aliphatic heterocycles. The topological polar surface area (TPSA) is 248 Å². The fourth-order valence-electron chi connectivity index (χ4n) is 8.44. The molecule has 390 valence electrons. The van der Waals surface area contributed by atoms with E-state index in [0.717, 1.165) is 80.0 Å². The van der Waals surface area contributed by atoms with Crippen LogP contribution >= 0.6 is 12.6 Å². The molecule has 7 rings (SSSR count). The van der Waals surface area contributed by atoms with E-state index in [1.165, 1.54) is 24.3 Å². The zero-order valence-electron chi connectivity index (χ0n) is 42.7. The molecule has 1 unspecified atom stereocenters. The molecule has 0 aromatic heterocycles. The third-order valence-corrected chi connectivity index (χ3v) is 13.1. The molecule has 0 aliphatic rings. The van der Waals surface area contributed by atoms with E-state index in [9.17, 15) is 60.7 Å². The molecule has 7 aromatic rings. The van der Waals surface area contributed by atoms with E-state index in [-0.39, 0.29) is 5.25 Å². The minimum Gasteiger partial charge on any atom is -0.477 e. The highest BCUT2D eigenvalue weighted by molar-refractivity contribution is 7.80. The van der Waals surface area contributed by atoms with Crippen molar-refractivity contribution in [2.24, 2.45) is 0 Å². The first kappa shape index (κ1) is 56.7. The average Bonchev–Trinajstić information content (AvgIpc) is 3.47. The number of aliphatic carboxylic acids is 4. The van der Waals surface area contributed by atoms with E-state index < -0.39 is 46.2 Å². The highest BCUT2D eigenvalue weighted by atomic mass is 32.1. The summed E-state index contributed by atoms with van der Waals surface area (Å²) in [6.07, 6.45) is 11.0. The van der Waals surface area contributed by atoms with Crippen molar-refractivity contribution in [1.82, 2.24) is 0 Å². The van der Waals surface area contributed by atoms with Gasteiger partial charge in [0, 0.05) is 22.3 Å². The lowest BCUT2D eigenvalue weighted by atomic mass is 9.93. The van der Waals surface area contributed by atoms with Crippen LogP contribution in [-0.2, 0) is 19.2 Å². The van der Waals surface area contributed by atoms with E-state index in [1.54, 1.807) is 72.8 Å². The number of rotatable bonds is 20. The van der Waals surface area contributed by atoms with Crippen LogP contribution in [0.4, 0.5) is 17.1 Å². The highest BCUT2D eigenvalue weighted by Gasteiger charge is 2.17. The van der Waals surface area contributed by atoms with Gasteiger partial charge in [0.25, 0.3) is 0 Å². The molecule has 0 bridgehead atoms. The minimum atomic E-state index is -1.34. The molecule has 4 N–H and O–H groups in total. The van der Waals surface area contributed by atoms with E-state index in [1.807, 2.05) is 109 Å². The summed E-state index contributed by atoms with van der Waals surface area (Å²) in [6, 6.07) is 59.1. The fraction of sp³-hybridized carbons (Fsp3) is 0.0606. The van der Waals surface area contributed by atoms with Gasteiger partial charge in [-0.05, 0) is 152 Å². The Morgan fingerprint density at radius 2 is 0.625 bits per heavy atom. The second-order valence-electron chi connectivity index (χ2n) is 17.9. The second-order valence-corrected chi connectivity index (χ2v) is 18.5. The standard InChI is InChI=1S/C66H47N5O8S/c1-2-3-62(80)52-24-30-59(31-25-52)71(57-26-12-46(13-27-57)36-60(48-16-4-42(5-17-48)32-53(38-67)63(72)73)49-18-6-43(7-19-49)33-54(39-68)64(74)75)58-28-14-47(15-29-58)37-61(50-20-8-44(9-21-50)34-55(40-69)65(76)77)51-22-10-45(11-23-51)35-56(41-70)66(78)79/h4-37,62,80H,2-3H2,1H3,(H,72,73)(H,74,75)(H,76,77)(H,78,79)/b53-32+,54-33+,55-34+,56-35+. The van der Waals surface area contributed by atoms with Crippen LogP contribution in [0, 0.1) is 45.3 Å². The number of carboxylic acids is 4. The van der Waals surface area contributed by atoms with Gasteiger partial charge < -0.3 is 25.3 Å². The minimum absolute atomic E-state index is 0.0581. The number of hydrogen-bond acceptors (Lipinski definition) is 10. The van der Waals surface area contributed by atoms with Crippen molar-refractivity contribution in [3.8, 4) is 24.3 Å². The second kappa shape index (κ2) is 26.6. The van der Waals surface area contributed by atoms with Gasteiger partial charge in [-0.15, -0.1) is 0 Å². The van der Waals surface area contributed by atoms with Crippen LogP contribution in [0.15, 0.2) is 192 Å². The molecule has 0 heterocycles. The van der Waals surface area contributed by atoms with Gasteiger partial charge in [-0.25, -0.2) is 19.2 Å². The Labute approximate surface area is 467 Å². The van der Waals surface area contributed by atoms with E-state index in [0.29, 0.717) is 22.3 Å². The van der Waals surface area contributed by atoms with E-state index in [2.05, 4.69) is 36.1 Å². The summed E-state index contributed by atoms with van der Waals surface area (Å²) in [5.74, 6) is -5.37. The van der Waals surface area contributed by atoms with Crippen molar-refractivity contribution >= 4 is 101 Å². The molecule has 0 spiro atoms. The quantitative estimate of drug-likeness (QED) is 0.0206. The predicted octanol–water partition coefficient (Wildman–Crippen LogP) is 14.1. The molecule has 1 atom stereocenters. The van der Waals surface area contributed by atoms with Gasteiger partial charge in [0.1, 0.15) is 46.6 Å². The number of carboxylic acid groups (broad SMARTS) is 4. The van der Waals surface area contributed by atoms with Crippen LogP contribution in [0.3, 0.4) is 0 Å². The molecule has 0 fully saturated rings. The molecule has 80 heavy (non-hydrogen) atoms. The first-order valence-electron chi connectivity index (χ1n) is 24.7. The maximum absolute atomic E-state index is 11.6. The summed E-state index contributed by atoms with van der Waals surface area (Å²) in [4.78, 5) is 48.4. The number of nitriles is 4. The van der Waals surface area contributed by atoms with Crippen LogP contribution in [-0.4, -0.2) is 44.3 Å². The first-order chi connectivity index (χ1) is 38.6. The first-order valence-corrected chi connectivity index (χ1v) is 25.2. The van der Waals surface area contributed by atoms with Crippen molar-refractivity contribution < 1.29 is 39.6 Å². The molecule has 0 saturated carbocycles. The Hall–Kier alpha value is -11.0. The van der Waals surface area contributed by atoms with Crippen LogP contribution in [0.5, 0.6) is 0 Å². The largest absolute Gasteiger partial charge is 0.477 e. The predicted molar refractivity (Wildman–Crippen MR) is 312 cm³/mol. The van der Waals surface area contributed by atoms with E-state index >= 15 is 0 Å². The van der Waals surface area contributed by atoms with Crippen molar-refractivity contribution in [2.45, 2.75) is 25.0 Å². The number of carbonyl (C=O) groups is 4. The lowest BCUT2D eigenvalue weighted by molar-refractivity contribution is -0.133. The van der Waals surface area contributed by atoms with Gasteiger partial charge in [0.15, 0.2) is 0 Å². The van der Waals surface area contributed by atoms with Gasteiger partial charge in [-0.1, -0.05) is 147 Å². The Kier molecular flexibility index (Phi) is 18.9. The molecule has 14 heteroatoms. The van der Waals surface area contributed by atoms with Crippen LogP contribution in [0.1, 0.15) is 86.2 Å². The molecule has 7 aromatic carbocycles. The van der Waals surface area contributed by atoms with Gasteiger partial charge >= 0.3 is 23.9 Å². The van der Waals surface area contributed by atoms with Gasteiger partial charge in [-0.3, -0.25) is 0 Å². The van der Waals surface area contributed by atoms with Crippen molar-refractivity contribution in [3.63, 3.8) is 0 Å². The lowest BCUT2D eigenvalue weighted by Crippen LogP contribution is -2.10. The summed E-state index contributed by atoms with van der Waals surface area (Å²) in [7, 11) is 0. The van der Waals surface area contributed by atoms with Crippen LogP contribution in [0.2, 0.25) is 0 Å². The molecular weight excluding hydrogens is 1020 g/mol. The SMILES string of the molecule is CCCC(S)c1ccc(N(c2ccc(C=C(c3ccc(/C=C(\C#N)C(=O)O)cc3)c3ccc(/C=C(\C#N)C(=O)O)cc3)cc2)c2ccc(C=C(c3ccc(/C=C(\C#N)C(=O)O)cc3)c3ccc(/C=C(\C#N)C(=O)O)cc3)cc2)cc1. The highest BCUT2D eigenvalue weighted by Crippen LogP contribution is 2.38. The van der Waals surface area contributed by atoms with Crippen molar-refractivity contribution in [3.05, 3.63) is 253 Å². The summed E-state index contributed by atoms with van der Waals surface area (Å²) in [5, 5.41) is 75.2. The molecule has 0 radical (unpaired) electrons. The van der Waals surface area contributed by atoms with Gasteiger partial charge in [0.05, 0.1) is 0 Å². The normalized spacial score (nSPS) is 11.8. The zero-order chi connectivity index (χ0) is 57.3. The Balaban J connectivity index is 1.30. The number of hydrogen-bond donors (Lipinski definition) is 5. The maximum Gasteiger partial charge on any atom is 0.346 e. The maximum atomic E-state index is 11.6. The Morgan fingerprint density at radius 1 is 0.400 bits per heavy atom. The summed E-state index contributed by atoms with van der Waals surface area (Å²) >= 11 is 4.86. The molecule has 0 aliphatic carbocycles. The molecule has 0 amide bonds. The molecular formula is C66H47N5O8S. The fourth-order valence-corrected chi connectivity index (χ4v) is 8.87. The zero-order valence-corrected chi connectivity index (χ0v) is 43.6. The number of thiol groups is 1. The molecule has 13 nitrogen and oxygen atoms in total. The third kappa shape index (κ3) is 14.5. The van der Waals surface area contributed by atoms with Crippen LogP contribution < -0.4 is 4.90 Å².